The van der Waals surface area contributed by atoms with E-state index < -0.39 is 0 Å². The van der Waals surface area contributed by atoms with E-state index >= 15 is 0 Å². The number of ether oxygens (including phenoxy) is 2. The molecule has 2 bridgehead atoms. The molecular formula is C9H15NO3. The molecule has 0 unspecified atom stereocenters. The highest BCUT2D eigenvalue weighted by atomic mass is 16.5. The minimum Gasteiger partial charge on any atom is -0.450 e. The van der Waals surface area contributed by atoms with E-state index in [-0.39, 0.29) is 18.2 Å². The Labute approximate surface area is 77.6 Å². The summed E-state index contributed by atoms with van der Waals surface area (Å²) in [6.45, 7) is 2.23. The predicted molar refractivity (Wildman–Crippen MR) is 46.5 cm³/mol. The molecule has 1 amide bonds. The fourth-order valence-corrected chi connectivity index (χ4v) is 2.11. The number of alkyl carbamates (subject to hydrolysis) is 1. The van der Waals surface area contributed by atoms with Gasteiger partial charge in [0.25, 0.3) is 0 Å². The standard InChI is InChI=1S/C9H15NO3/c1-2-12-9(11)10-7-5-6-3-4-8(7)13-6/h6-8H,2-5H2,1H3,(H,10,11)/t6-,7+,8+/m1/s1. The largest absolute Gasteiger partial charge is 0.450 e. The molecule has 2 saturated heterocycles. The highest BCUT2D eigenvalue weighted by molar-refractivity contribution is 5.67. The molecule has 2 heterocycles. The second kappa shape index (κ2) is 3.54. The summed E-state index contributed by atoms with van der Waals surface area (Å²) in [4.78, 5) is 11.1. The number of rotatable bonds is 2. The molecule has 0 aromatic rings. The SMILES string of the molecule is CCOC(=O)N[C@H]1C[C@H]2CC[C@@H]1O2. The summed E-state index contributed by atoms with van der Waals surface area (Å²) in [5.41, 5.74) is 0. The van der Waals surface area contributed by atoms with E-state index in [1.165, 1.54) is 0 Å². The first-order chi connectivity index (χ1) is 6.29. The smallest absolute Gasteiger partial charge is 0.407 e. The van der Waals surface area contributed by atoms with E-state index in [1.54, 1.807) is 6.92 Å². The summed E-state index contributed by atoms with van der Waals surface area (Å²) < 4.78 is 10.4. The summed E-state index contributed by atoms with van der Waals surface area (Å²) in [6.07, 6.45) is 3.45. The second-order valence-corrected chi connectivity index (χ2v) is 3.58. The Morgan fingerprint density at radius 2 is 2.46 bits per heavy atom. The van der Waals surface area contributed by atoms with Gasteiger partial charge in [0.05, 0.1) is 24.9 Å². The number of hydrogen-bond donors (Lipinski definition) is 1. The molecule has 74 valence electrons. The number of hydrogen-bond acceptors (Lipinski definition) is 3. The van der Waals surface area contributed by atoms with Crippen LogP contribution in [0.5, 0.6) is 0 Å². The molecule has 1 N–H and O–H groups in total. The van der Waals surface area contributed by atoms with E-state index in [4.69, 9.17) is 9.47 Å². The zero-order valence-electron chi connectivity index (χ0n) is 7.79. The van der Waals surface area contributed by atoms with Gasteiger partial charge in [-0.05, 0) is 26.2 Å². The first-order valence-corrected chi connectivity index (χ1v) is 4.88. The highest BCUT2D eigenvalue weighted by Crippen LogP contribution is 2.34. The molecule has 0 aliphatic carbocycles. The van der Waals surface area contributed by atoms with Crippen molar-refractivity contribution in [1.29, 1.82) is 0 Å². The number of carbonyl (C=O) groups is 1. The van der Waals surface area contributed by atoms with Crippen molar-refractivity contribution < 1.29 is 14.3 Å². The molecule has 3 atom stereocenters. The lowest BCUT2D eigenvalue weighted by Gasteiger charge is -2.19. The average molecular weight is 185 g/mol. The van der Waals surface area contributed by atoms with Gasteiger partial charge < -0.3 is 14.8 Å². The molecule has 2 aliphatic heterocycles. The Balaban J connectivity index is 1.79. The van der Waals surface area contributed by atoms with Crippen molar-refractivity contribution in [3.8, 4) is 0 Å². The summed E-state index contributed by atoms with van der Waals surface area (Å²) in [5, 5.41) is 2.83. The Bertz CT molecular complexity index is 207. The van der Waals surface area contributed by atoms with Crippen LogP contribution in [0.25, 0.3) is 0 Å². The van der Waals surface area contributed by atoms with Gasteiger partial charge in [-0.25, -0.2) is 4.79 Å². The minimum atomic E-state index is -0.316. The van der Waals surface area contributed by atoms with Gasteiger partial charge in [-0.1, -0.05) is 0 Å². The zero-order chi connectivity index (χ0) is 9.26. The molecule has 2 aliphatic rings. The first kappa shape index (κ1) is 8.81. The van der Waals surface area contributed by atoms with E-state index in [1.807, 2.05) is 0 Å². The van der Waals surface area contributed by atoms with E-state index in [2.05, 4.69) is 5.32 Å². The molecular weight excluding hydrogens is 170 g/mol. The third-order valence-electron chi connectivity index (χ3n) is 2.68. The first-order valence-electron chi connectivity index (χ1n) is 4.88. The van der Waals surface area contributed by atoms with Crippen LogP contribution < -0.4 is 5.32 Å². The molecule has 4 heteroatoms. The normalized spacial score (nSPS) is 36.2. The van der Waals surface area contributed by atoms with E-state index in [0.717, 1.165) is 19.3 Å². The lowest BCUT2D eigenvalue weighted by molar-refractivity contribution is 0.0940. The maximum Gasteiger partial charge on any atom is 0.407 e. The monoisotopic (exact) mass is 185 g/mol. The van der Waals surface area contributed by atoms with Gasteiger partial charge in [-0.2, -0.15) is 0 Å². The lowest BCUT2D eigenvalue weighted by atomic mass is 9.96. The molecule has 13 heavy (non-hydrogen) atoms. The summed E-state index contributed by atoms with van der Waals surface area (Å²) >= 11 is 0. The molecule has 0 aromatic carbocycles. The van der Waals surface area contributed by atoms with Crippen LogP contribution in [0.1, 0.15) is 26.2 Å². The molecule has 0 aromatic heterocycles. The fraction of sp³-hybridized carbons (Fsp3) is 0.889. The van der Waals surface area contributed by atoms with Crippen molar-refractivity contribution in [2.24, 2.45) is 0 Å². The lowest BCUT2D eigenvalue weighted by Crippen LogP contribution is -2.41. The van der Waals surface area contributed by atoms with Crippen molar-refractivity contribution >= 4 is 6.09 Å². The zero-order valence-corrected chi connectivity index (χ0v) is 7.79. The number of carbonyl (C=O) groups excluding carboxylic acids is 1. The van der Waals surface area contributed by atoms with Gasteiger partial charge in [0.15, 0.2) is 0 Å². The molecule has 0 saturated carbocycles. The van der Waals surface area contributed by atoms with Crippen LogP contribution in [-0.2, 0) is 9.47 Å². The molecule has 0 radical (unpaired) electrons. The van der Waals surface area contributed by atoms with Gasteiger partial charge in [0.1, 0.15) is 0 Å². The van der Waals surface area contributed by atoms with Crippen LogP contribution >= 0.6 is 0 Å². The van der Waals surface area contributed by atoms with Crippen molar-refractivity contribution in [1.82, 2.24) is 5.32 Å². The number of amides is 1. The maximum absolute atomic E-state index is 11.1. The quantitative estimate of drug-likeness (QED) is 0.699. The second-order valence-electron chi connectivity index (χ2n) is 3.58. The van der Waals surface area contributed by atoms with Gasteiger partial charge >= 0.3 is 6.09 Å². The van der Waals surface area contributed by atoms with E-state index in [9.17, 15) is 4.79 Å². The Kier molecular flexibility index (Phi) is 2.40. The Hall–Kier alpha value is -0.770. The molecule has 4 nitrogen and oxygen atoms in total. The third-order valence-corrected chi connectivity index (χ3v) is 2.68. The van der Waals surface area contributed by atoms with Gasteiger partial charge in [-0.3, -0.25) is 0 Å². The highest BCUT2D eigenvalue weighted by Gasteiger charge is 2.41. The minimum absolute atomic E-state index is 0.179. The average Bonchev–Trinajstić information content (AvgIpc) is 2.65. The number of nitrogens with one attached hydrogen (secondary N) is 1. The summed E-state index contributed by atoms with van der Waals surface area (Å²) in [5.74, 6) is 0. The van der Waals surface area contributed by atoms with Crippen LogP contribution in [0.3, 0.4) is 0 Å². The Morgan fingerprint density at radius 3 is 3.00 bits per heavy atom. The Morgan fingerprint density at radius 1 is 1.62 bits per heavy atom. The van der Waals surface area contributed by atoms with Crippen LogP contribution in [0.2, 0.25) is 0 Å². The van der Waals surface area contributed by atoms with Crippen molar-refractivity contribution in [2.45, 2.75) is 44.4 Å². The van der Waals surface area contributed by atoms with Crippen LogP contribution in [0.15, 0.2) is 0 Å². The van der Waals surface area contributed by atoms with Gasteiger partial charge in [0.2, 0.25) is 0 Å². The van der Waals surface area contributed by atoms with Gasteiger partial charge in [-0.15, -0.1) is 0 Å². The molecule has 2 rings (SSSR count). The van der Waals surface area contributed by atoms with Crippen molar-refractivity contribution in [3.05, 3.63) is 0 Å². The van der Waals surface area contributed by atoms with Crippen LogP contribution in [0, 0.1) is 0 Å². The topological polar surface area (TPSA) is 47.6 Å². The van der Waals surface area contributed by atoms with E-state index in [0.29, 0.717) is 12.7 Å². The fourth-order valence-electron chi connectivity index (χ4n) is 2.11. The van der Waals surface area contributed by atoms with Crippen LogP contribution in [-0.4, -0.2) is 30.9 Å². The van der Waals surface area contributed by atoms with Crippen molar-refractivity contribution in [3.63, 3.8) is 0 Å². The summed E-state index contributed by atoms with van der Waals surface area (Å²) in [6, 6.07) is 0.179. The summed E-state index contributed by atoms with van der Waals surface area (Å²) in [7, 11) is 0. The molecule has 2 fully saturated rings. The predicted octanol–water partition coefficient (Wildman–Crippen LogP) is 1.05. The third kappa shape index (κ3) is 1.77. The molecule has 0 spiro atoms. The maximum atomic E-state index is 11.1. The van der Waals surface area contributed by atoms with Crippen molar-refractivity contribution in [2.75, 3.05) is 6.61 Å². The van der Waals surface area contributed by atoms with Gasteiger partial charge in [0, 0.05) is 0 Å². The van der Waals surface area contributed by atoms with Crippen LogP contribution in [0.4, 0.5) is 4.79 Å². The number of fused-ring (bicyclic) bond motifs is 2.